The molecule has 50 heavy (non-hydrogen) atoms. The Hall–Kier alpha value is -5.61. The van der Waals surface area contributed by atoms with Crippen molar-refractivity contribution >= 4 is 34.7 Å². The summed E-state index contributed by atoms with van der Waals surface area (Å²) in [5.41, 5.74) is 4.89. The summed E-state index contributed by atoms with van der Waals surface area (Å²) >= 11 is 0. The van der Waals surface area contributed by atoms with E-state index in [0.29, 0.717) is 35.2 Å². The number of hydrogen-bond acceptors (Lipinski definition) is 6. The number of aromatic nitrogens is 1. The highest BCUT2D eigenvalue weighted by atomic mass is 32.2. The van der Waals surface area contributed by atoms with Crippen LogP contribution in [0.15, 0.2) is 140 Å². The number of carboxylic acids is 1. The monoisotopic (exact) mass is 689 g/mol. The standard InChI is InChI=1S/C40H40N4O5S/c45-38(46)26-35(34-21-19-33(20-22-34)32-16-8-3-9-17-32)43-39(47)36(44-40(48)49-25-24-42-37-18-10-11-23-41-37)29-50(27-30-12-4-1-5-13-30)28-31-14-6-2-7-15-31/h1-23,35-36H,24-29H2,(H3-,41,42,43,44,45,46,47,48)/p+1. The molecule has 1 aromatic heterocycles. The number of nitrogens with one attached hydrogen (secondary N) is 3. The van der Waals surface area contributed by atoms with Gasteiger partial charge in [-0.1, -0.05) is 121 Å². The molecule has 4 N–H and O–H groups in total. The van der Waals surface area contributed by atoms with Crippen molar-refractivity contribution < 1.29 is 24.2 Å². The van der Waals surface area contributed by atoms with E-state index in [-0.39, 0.29) is 23.9 Å². The summed E-state index contributed by atoms with van der Waals surface area (Å²) < 4.78 is 5.46. The van der Waals surface area contributed by atoms with Gasteiger partial charge in [0.1, 0.15) is 29.7 Å². The van der Waals surface area contributed by atoms with Crippen molar-refractivity contribution in [2.75, 3.05) is 24.2 Å². The zero-order valence-electron chi connectivity index (χ0n) is 27.6. The molecule has 5 aromatic rings. The zero-order chi connectivity index (χ0) is 35.0. The maximum absolute atomic E-state index is 14.1. The molecule has 0 saturated heterocycles. The second-order valence-electron chi connectivity index (χ2n) is 11.7. The average Bonchev–Trinajstić information content (AvgIpc) is 3.14. The van der Waals surface area contributed by atoms with Crippen LogP contribution in [-0.4, -0.2) is 53.0 Å². The number of carbonyl (C=O) groups excluding carboxylic acids is 2. The number of nitrogens with zero attached hydrogens (tertiary/aromatic N) is 1. The smallest absolute Gasteiger partial charge is 0.408 e. The van der Waals surface area contributed by atoms with Crippen LogP contribution in [0.2, 0.25) is 0 Å². The predicted octanol–water partition coefficient (Wildman–Crippen LogP) is 6.61. The van der Waals surface area contributed by atoms with Gasteiger partial charge >= 0.3 is 12.1 Å². The summed E-state index contributed by atoms with van der Waals surface area (Å²) in [6.45, 7) is 0.374. The van der Waals surface area contributed by atoms with Crippen LogP contribution >= 0.6 is 0 Å². The number of amides is 2. The van der Waals surface area contributed by atoms with Gasteiger partial charge in [-0.25, -0.2) is 9.78 Å². The highest BCUT2D eigenvalue weighted by Crippen LogP contribution is 2.24. The van der Waals surface area contributed by atoms with Gasteiger partial charge in [-0.15, -0.1) is 0 Å². The first-order valence-corrected chi connectivity index (χ1v) is 18.1. The molecule has 4 aromatic carbocycles. The van der Waals surface area contributed by atoms with E-state index in [1.165, 1.54) is 0 Å². The van der Waals surface area contributed by atoms with E-state index in [4.69, 9.17) is 4.74 Å². The molecule has 9 nitrogen and oxygen atoms in total. The number of carboxylic acid groups (broad SMARTS) is 1. The lowest BCUT2D eigenvalue weighted by Gasteiger charge is -2.23. The van der Waals surface area contributed by atoms with E-state index in [1.807, 2.05) is 109 Å². The Morgan fingerprint density at radius 3 is 1.86 bits per heavy atom. The van der Waals surface area contributed by atoms with Crippen molar-refractivity contribution in [2.45, 2.75) is 30.0 Å². The minimum atomic E-state index is -1.06. The molecule has 2 amide bonds. The van der Waals surface area contributed by atoms with Gasteiger partial charge in [-0.3, -0.25) is 9.59 Å². The van der Waals surface area contributed by atoms with Crippen molar-refractivity contribution in [1.29, 1.82) is 0 Å². The van der Waals surface area contributed by atoms with Crippen molar-refractivity contribution in [3.05, 3.63) is 156 Å². The van der Waals surface area contributed by atoms with Crippen LogP contribution in [0.5, 0.6) is 0 Å². The summed E-state index contributed by atoms with van der Waals surface area (Å²) in [5.74, 6) is 0.836. The number of rotatable bonds is 17. The minimum Gasteiger partial charge on any atom is -0.481 e. The summed E-state index contributed by atoms with van der Waals surface area (Å²) in [6, 6.07) is 41.1. The molecule has 10 heteroatoms. The van der Waals surface area contributed by atoms with Crippen LogP contribution in [0.4, 0.5) is 10.6 Å². The number of anilines is 1. The minimum absolute atomic E-state index is 0.0475. The fourth-order valence-corrected chi connectivity index (χ4v) is 7.79. The molecular formula is C40H41N4O5S+. The Morgan fingerprint density at radius 1 is 0.700 bits per heavy atom. The normalized spacial score (nSPS) is 12.0. The third-order valence-corrected chi connectivity index (χ3v) is 10.1. The second-order valence-corrected chi connectivity index (χ2v) is 13.8. The Kier molecular flexibility index (Phi) is 13.4. The third kappa shape index (κ3) is 11.5. The Balaban J connectivity index is 1.34. The Bertz CT molecular complexity index is 1740. The molecule has 0 aliphatic carbocycles. The molecule has 0 aliphatic rings. The van der Waals surface area contributed by atoms with Gasteiger partial charge < -0.3 is 25.8 Å². The number of benzene rings is 4. The molecule has 0 bridgehead atoms. The largest absolute Gasteiger partial charge is 0.481 e. The molecule has 0 radical (unpaired) electrons. The maximum Gasteiger partial charge on any atom is 0.408 e. The average molecular weight is 690 g/mol. The van der Waals surface area contributed by atoms with Crippen LogP contribution in [0.1, 0.15) is 29.2 Å². The summed E-state index contributed by atoms with van der Waals surface area (Å²) in [6.07, 6.45) is 0.598. The first kappa shape index (κ1) is 35.7. The predicted molar refractivity (Wildman–Crippen MR) is 199 cm³/mol. The Morgan fingerprint density at radius 2 is 1.28 bits per heavy atom. The lowest BCUT2D eigenvalue weighted by molar-refractivity contribution is -0.137. The van der Waals surface area contributed by atoms with Crippen LogP contribution < -0.4 is 16.0 Å². The lowest BCUT2D eigenvalue weighted by atomic mass is 9.99. The molecule has 2 unspecified atom stereocenters. The van der Waals surface area contributed by atoms with Crippen LogP contribution in [0, 0.1) is 0 Å². The molecule has 0 aliphatic heterocycles. The van der Waals surface area contributed by atoms with Crippen molar-refractivity contribution in [3.63, 3.8) is 0 Å². The second kappa shape index (κ2) is 18.8. The first-order chi connectivity index (χ1) is 24.4. The molecule has 2 atom stereocenters. The van der Waals surface area contributed by atoms with E-state index in [9.17, 15) is 19.5 Å². The van der Waals surface area contributed by atoms with E-state index in [2.05, 4.69) is 45.2 Å². The van der Waals surface area contributed by atoms with Gasteiger partial charge in [0.2, 0.25) is 5.91 Å². The molecule has 0 spiro atoms. The van der Waals surface area contributed by atoms with Gasteiger partial charge in [0.25, 0.3) is 0 Å². The molecular weight excluding hydrogens is 649 g/mol. The van der Waals surface area contributed by atoms with E-state index >= 15 is 0 Å². The highest BCUT2D eigenvalue weighted by molar-refractivity contribution is 7.95. The van der Waals surface area contributed by atoms with Crippen LogP contribution in [0.3, 0.4) is 0 Å². The fraction of sp³-hybridized carbons (Fsp3) is 0.200. The van der Waals surface area contributed by atoms with Gasteiger partial charge in [0, 0.05) is 17.3 Å². The first-order valence-electron chi connectivity index (χ1n) is 16.4. The molecule has 5 rings (SSSR count). The SMILES string of the molecule is O=C(O)CC(NC(=O)C(C[S+](Cc1ccccc1)Cc1ccccc1)NC(=O)OCCNc1ccccn1)c1ccc(-c2ccccc2)cc1. The maximum atomic E-state index is 14.1. The number of hydrogen-bond donors (Lipinski definition) is 4. The fourth-order valence-electron chi connectivity index (χ4n) is 5.42. The van der Waals surface area contributed by atoms with Crippen molar-refractivity contribution in [1.82, 2.24) is 15.6 Å². The van der Waals surface area contributed by atoms with E-state index in [0.717, 1.165) is 22.3 Å². The topological polar surface area (TPSA) is 130 Å². The molecule has 256 valence electrons. The summed E-state index contributed by atoms with van der Waals surface area (Å²) in [5, 5.41) is 18.6. The van der Waals surface area contributed by atoms with Crippen molar-refractivity contribution in [3.8, 4) is 11.1 Å². The summed E-state index contributed by atoms with van der Waals surface area (Å²) in [4.78, 5) is 43.4. The zero-order valence-corrected chi connectivity index (χ0v) is 28.4. The van der Waals surface area contributed by atoms with Crippen LogP contribution in [0.25, 0.3) is 11.1 Å². The number of aliphatic carboxylic acids is 1. The number of ether oxygens (including phenoxy) is 1. The molecule has 1 heterocycles. The van der Waals surface area contributed by atoms with Crippen LogP contribution in [-0.2, 0) is 36.7 Å². The third-order valence-electron chi connectivity index (χ3n) is 7.86. The van der Waals surface area contributed by atoms with Gasteiger partial charge in [-0.05, 0) is 39.7 Å². The quantitative estimate of drug-likeness (QED) is 0.0639. The van der Waals surface area contributed by atoms with Gasteiger partial charge in [0.05, 0.1) is 19.0 Å². The molecule has 0 saturated carbocycles. The number of carbonyl (C=O) groups is 3. The highest BCUT2D eigenvalue weighted by Gasteiger charge is 2.33. The number of pyridine rings is 1. The van der Waals surface area contributed by atoms with Gasteiger partial charge in [0.15, 0.2) is 6.04 Å². The van der Waals surface area contributed by atoms with E-state index < -0.39 is 30.1 Å². The number of alkyl carbamates (subject to hydrolysis) is 1. The lowest BCUT2D eigenvalue weighted by Crippen LogP contribution is -2.51. The van der Waals surface area contributed by atoms with E-state index in [1.54, 1.807) is 6.20 Å². The summed E-state index contributed by atoms with van der Waals surface area (Å²) in [7, 11) is -0.388. The van der Waals surface area contributed by atoms with Gasteiger partial charge in [-0.2, -0.15) is 0 Å². The molecule has 0 fully saturated rings. The van der Waals surface area contributed by atoms with Crippen molar-refractivity contribution in [2.24, 2.45) is 0 Å². The Labute approximate surface area is 295 Å².